The molecule has 0 aromatic rings. The summed E-state index contributed by atoms with van der Waals surface area (Å²) in [6.45, 7) is 2.85. The first-order valence-corrected chi connectivity index (χ1v) is 5.06. The highest BCUT2D eigenvalue weighted by molar-refractivity contribution is 5.11. The fourth-order valence-electron chi connectivity index (χ4n) is 1.96. The maximum Gasteiger partial charge on any atom is 0.0703 e. The molecule has 2 rings (SSSR count). The third-order valence-electron chi connectivity index (χ3n) is 3.17. The average Bonchev–Trinajstić information content (AvgIpc) is 2.90. The van der Waals surface area contributed by atoms with Crippen molar-refractivity contribution in [2.45, 2.75) is 31.8 Å². The number of piperidine rings is 1. The van der Waals surface area contributed by atoms with Gasteiger partial charge in [-0.05, 0) is 25.7 Å². The fourth-order valence-corrected chi connectivity index (χ4v) is 1.96. The lowest BCUT2D eigenvalue weighted by Crippen LogP contribution is -2.39. The van der Waals surface area contributed by atoms with Gasteiger partial charge in [-0.3, -0.25) is 0 Å². The van der Waals surface area contributed by atoms with Gasteiger partial charge >= 0.3 is 0 Å². The van der Waals surface area contributed by atoms with Crippen LogP contribution in [0.15, 0.2) is 0 Å². The van der Waals surface area contributed by atoms with E-state index in [9.17, 15) is 5.11 Å². The Bertz CT molecular complexity index is 222. The van der Waals surface area contributed by atoms with E-state index in [-0.39, 0.29) is 11.5 Å². The van der Waals surface area contributed by atoms with Crippen LogP contribution in [0.5, 0.6) is 0 Å². The Morgan fingerprint density at radius 3 is 2.46 bits per heavy atom. The normalized spacial score (nSPS) is 28.3. The second kappa shape index (κ2) is 3.28. The van der Waals surface area contributed by atoms with Crippen LogP contribution in [0.4, 0.5) is 0 Å². The number of nitriles is 1. The molecule has 2 fully saturated rings. The summed E-state index contributed by atoms with van der Waals surface area (Å²) in [6, 6.07) is 2.41. The van der Waals surface area contributed by atoms with Crippen LogP contribution in [0.25, 0.3) is 0 Å². The van der Waals surface area contributed by atoms with E-state index in [2.05, 4.69) is 11.0 Å². The second-order valence-corrected chi connectivity index (χ2v) is 4.40. The minimum absolute atomic E-state index is 0.0116. The average molecular weight is 180 g/mol. The lowest BCUT2D eigenvalue weighted by atomic mass is 10.0. The van der Waals surface area contributed by atoms with Crippen molar-refractivity contribution in [2.75, 3.05) is 19.6 Å². The molecule has 0 unspecified atom stereocenters. The summed E-state index contributed by atoms with van der Waals surface area (Å²) in [4.78, 5) is 2.32. The molecule has 0 amide bonds. The Morgan fingerprint density at radius 1 is 1.38 bits per heavy atom. The van der Waals surface area contributed by atoms with Crippen LogP contribution in [-0.4, -0.2) is 35.7 Å². The van der Waals surface area contributed by atoms with E-state index in [1.165, 1.54) is 0 Å². The minimum Gasteiger partial charge on any atom is -0.393 e. The largest absolute Gasteiger partial charge is 0.393 e. The van der Waals surface area contributed by atoms with Gasteiger partial charge in [0.25, 0.3) is 0 Å². The number of nitrogens with zero attached hydrogens (tertiary/aromatic N) is 2. The molecule has 0 atom stereocenters. The van der Waals surface area contributed by atoms with Crippen molar-refractivity contribution < 1.29 is 5.11 Å². The van der Waals surface area contributed by atoms with E-state index in [4.69, 9.17) is 5.26 Å². The molecular weight excluding hydrogens is 164 g/mol. The molecule has 3 nitrogen and oxygen atoms in total. The molecule has 1 saturated carbocycles. The third kappa shape index (κ3) is 2.01. The Hall–Kier alpha value is -0.590. The van der Waals surface area contributed by atoms with Gasteiger partial charge in [-0.2, -0.15) is 5.26 Å². The molecule has 1 aliphatic carbocycles. The van der Waals surface area contributed by atoms with Crippen LogP contribution >= 0.6 is 0 Å². The molecule has 3 heteroatoms. The molecule has 0 radical (unpaired) electrons. The first-order chi connectivity index (χ1) is 6.24. The molecule has 0 aromatic heterocycles. The van der Waals surface area contributed by atoms with Crippen molar-refractivity contribution in [1.29, 1.82) is 5.26 Å². The fraction of sp³-hybridized carbons (Fsp3) is 0.900. The number of likely N-dealkylation sites (tertiary alicyclic amines) is 1. The predicted molar refractivity (Wildman–Crippen MR) is 49.0 cm³/mol. The Kier molecular flexibility index (Phi) is 2.27. The van der Waals surface area contributed by atoms with E-state index < -0.39 is 0 Å². The Balaban J connectivity index is 1.80. The van der Waals surface area contributed by atoms with Crippen LogP contribution < -0.4 is 0 Å². The molecule has 72 valence electrons. The summed E-state index contributed by atoms with van der Waals surface area (Å²) in [7, 11) is 0. The molecular formula is C10H16N2O. The number of hydrogen-bond donors (Lipinski definition) is 1. The molecule has 1 heterocycles. The zero-order chi connectivity index (χ0) is 9.31. The van der Waals surface area contributed by atoms with Crippen molar-refractivity contribution in [3.8, 4) is 6.07 Å². The number of aliphatic hydroxyl groups excluding tert-OH is 1. The lowest BCUT2D eigenvalue weighted by molar-refractivity contribution is 0.0766. The number of rotatable bonds is 2. The maximum absolute atomic E-state index is 9.31. The SMILES string of the molecule is N#CC1(CN2CCC(O)CC2)CC1. The zero-order valence-electron chi connectivity index (χ0n) is 7.87. The molecule has 1 saturated heterocycles. The van der Waals surface area contributed by atoms with Crippen molar-refractivity contribution in [3.63, 3.8) is 0 Å². The Morgan fingerprint density at radius 2 is 2.00 bits per heavy atom. The summed E-state index contributed by atoms with van der Waals surface area (Å²) in [5.41, 5.74) is -0.0116. The quantitative estimate of drug-likeness (QED) is 0.682. The second-order valence-electron chi connectivity index (χ2n) is 4.40. The summed E-state index contributed by atoms with van der Waals surface area (Å²) >= 11 is 0. The van der Waals surface area contributed by atoms with Crippen molar-refractivity contribution in [1.82, 2.24) is 4.90 Å². The molecule has 1 N–H and O–H groups in total. The third-order valence-corrected chi connectivity index (χ3v) is 3.17. The van der Waals surface area contributed by atoms with Crippen molar-refractivity contribution >= 4 is 0 Å². The zero-order valence-corrected chi connectivity index (χ0v) is 7.87. The van der Waals surface area contributed by atoms with Gasteiger partial charge in [0.15, 0.2) is 0 Å². The van der Waals surface area contributed by atoms with Crippen LogP contribution in [-0.2, 0) is 0 Å². The summed E-state index contributed by atoms with van der Waals surface area (Å²) in [5.74, 6) is 0. The predicted octanol–water partition coefficient (Wildman–Crippen LogP) is 0.747. The van der Waals surface area contributed by atoms with E-state index in [0.29, 0.717) is 0 Å². The van der Waals surface area contributed by atoms with Gasteiger partial charge in [0.1, 0.15) is 0 Å². The molecule has 0 aromatic carbocycles. The minimum atomic E-state index is -0.103. The van der Waals surface area contributed by atoms with Gasteiger partial charge in [-0.1, -0.05) is 0 Å². The van der Waals surface area contributed by atoms with Crippen molar-refractivity contribution in [2.24, 2.45) is 5.41 Å². The standard InChI is InChI=1S/C10H16N2O/c11-7-10(3-4-10)8-12-5-1-9(13)2-6-12/h9,13H,1-6,8H2. The van der Waals surface area contributed by atoms with Crippen LogP contribution in [0.1, 0.15) is 25.7 Å². The first kappa shape index (κ1) is 8.98. The summed E-state index contributed by atoms with van der Waals surface area (Å²) in [6.07, 6.45) is 3.79. The van der Waals surface area contributed by atoms with Gasteiger partial charge < -0.3 is 10.0 Å². The van der Waals surface area contributed by atoms with Crippen LogP contribution in [0.2, 0.25) is 0 Å². The van der Waals surface area contributed by atoms with E-state index >= 15 is 0 Å². The lowest BCUT2D eigenvalue weighted by Gasteiger charge is -2.30. The Labute approximate surface area is 79.0 Å². The topological polar surface area (TPSA) is 47.3 Å². The van der Waals surface area contributed by atoms with Gasteiger partial charge in [0, 0.05) is 19.6 Å². The highest BCUT2D eigenvalue weighted by atomic mass is 16.3. The maximum atomic E-state index is 9.31. The van der Waals surface area contributed by atoms with E-state index in [0.717, 1.165) is 45.3 Å². The van der Waals surface area contributed by atoms with E-state index in [1.54, 1.807) is 0 Å². The van der Waals surface area contributed by atoms with Crippen LogP contribution in [0, 0.1) is 16.7 Å². The molecule has 0 spiro atoms. The molecule has 0 bridgehead atoms. The highest BCUT2D eigenvalue weighted by Crippen LogP contribution is 2.45. The number of hydrogen-bond acceptors (Lipinski definition) is 3. The first-order valence-electron chi connectivity index (χ1n) is 5.06. The van der Waals surface area contributed by atoms with Gasteiger partial charge in [0.2, 0.25) is 0 Å². The summed E-state index contributed by atoms with van der Waals surface area (Å²) < 4.78 is 0. The van der Waals surface area contributed by atoms with Crippen LogP contribution in [0.3, 0.4) is 0 Å². The molecule has 13 heavy (non-hydrogen) atoms. The highest BCUT2D eigenvalue weighted by Gasteiger charge is 2.44. The molecule has 2 aliphatic rings. The van der Waals surface area contributed by atoms with E-state index in [1.807, 2.05) is 0 Å². The summed E-state index contributed by atoms with van der Waals surface area (Å²) in [5, 5.41) is 18.2. The van der Waals surface area contributed by atoms with Gasteiger partial charge in [-0.15, -0.1) is 0 Å². The number of aliphatic hydroxyl groups is 1. The van der Waals surface area contributed by atoms with Gasteiger partial charge in [0.05, 0.1) is 17.6 Å². The smallest absolute Gasteiger partial charge is 0.0703 e. The van der Waals surface area contributed by atoms with Crippen molar-refractivity contribution in [3.05, 3.63) is 0 Å². The molecule has 1 aliphatic heterocycles. The van der Waals surface area contributed by atoms with Gasteiger partial charge in [-0.25, -0.2) is 0 Å². The monoisotopic (exact) mass is 180 g/mol.